The second-order valence-electron chi connectivity index (χ2n) is 5.45. The number of nitriles is 1. The largest absolute Gasteiger partial charge is 0.341 e. The summed E-state index contributed by atoms with van der Waals surface area (Å²) >= 11 is 0. The molecule has 4 nitrogen and oxygen atoms in total. The molecule has 20 heavy (non-hydrogen) atoms. The van der Waals surface area contributed by atoms with E-state index in [0.29, 0.717) is 13.0 Å². The van der Waals surface area contributed by atoms with E-state index in [-0.39, 0.29) is 11.8 Å². The fourth-order valence-electron chi connectivity index (χ4n) is 2.58. The number of benzene rings is 1. The molecule has 1 saturated heterocycles. The number of carbonyl (C=O) groups excluding carboxylic acids is 1. The molecule has 1 unspecified atom stereocenters. The van der Waals surface area contributed by atoms with Crippen LogP contribution in [0.25, 0.3) is 0 Å². The van der Waals surface area contributed by atoms with Crippen molar-refractivity contribution in [3.8, 4) is 6.07 Å². The molecule has 1 fully saturated rings. The SMILES string of the molecule is CN(CCCN1CC(C#N)CC1=O)Cc1ccccc1. The Balaban J connectivity index is 1.68. The maximum absolute atomic E-state index is 11.7. The molecule has 0 radical (unpaired) electrons. The summed E-state index contributed by atoms with van der Waals surface area (Å²) in [4.78, 5) is 15.8. The summed E-state index contributed by atoms with van der Waals surface area (Å²) in [6.45, 7) is 3.25. The van der Waals surface area contributed by atoms with Gasteiger partial charge in [0.2, 0.25) is 5.91 Å². The van der Waals surface area contributed by atoms with Crippen LogP contribution >= 0.6 is 0 Å². The first-order valence-electron chi connectivity index (χ1n) is 7.09. The van der Waals surface area contributed by atoms with Gasteiger partial charge in [-0.2, -0.15) is 5.26 Å². The van der Waals surface area contributed by atoms with Crippen LogP contribution in [-0.2, 0) is 11.3 Å². The number of nitrogens with zero attached hydrogens (tertiary/aromatic N) is 3. The summed E-state index contributed by atoms with van der Waals surface area (Å²) in [6.07, 6.45) is 1.35. The Hall–Kier alpha value is -1.86. The Morgan fingerprint density at radius 1 is 1.40 bits per heavy atom. The summed E-state index contributed by atoms with van der Waals surface area (Å²) in [5.41, 5.74) is 1.30. The molecule has 0 saturated carbocycles. The highest BCUT2D eigenvalue weighted by molar-refractivity contribution is 5.79. The molecule has 0 bridgehead atoms. The van der Waals surface area contributed by atoms with Crippen molar-refractivity contribution >= 4 is 5.91 Å². The van der Waals surface area contributed by atoms with Crippen LogP contribution in [0.4, 0.5) is 0 Å². The first-order valence-corrected chi connectivity index (χ1v) is 7.09. The highest BCUT2D eigenvalue weighted by Crippen LogP contribution is 2.16. The van der Waals surface area contributed by atoms with E-state index in [4.69, 9.17) is 5.26 Å². The van der Waals surface area contributed by atoms with Gasteiger partial charge in [0.1, 0.15) is 0 Å². The predicted octanol–water partition coefficient (Wildman–Crippen LogP) is 1.88. The average molecular weight is 271 g/mol. The molecule has 106 valence electrons. The third-order valence-electron chi connectivity index (χ3n) is 3.66. The van der Waals surface area contributed by atoms with Crippen LogP contribution in [0.2, 0.25) is 0 Å². The third kappa shape index (κ3) is 4.07. The lowest BCUT2D eigenvalue weighted by Gasteiger charge is -2.20. The number of amides is 1. The zero-order valence-corrected chi connectivity index (χ0v) is 12.0. The predicted molar refractivity (Wildman–Crippen MR) is 77.7 cm³/mol. The summed E-state index contributed by atoms with van der Waals surface area (Å²) in [5.74, 6) is 0.0202. The second-order valence-corrected chi connectivity index (χ2v) is 5.45. The van der Waals surface area contributed by atoms with E-state index in [0.717, 1.165) is 26.1 Å². The Labute approximate surface area is 120 Å². The van der Waals surface area contributed by atoms with Crippen molar-refractivity contribution in [2.75, 3.05) is 26.7 Å². The number of hydrogen-bond acceptors (Lipinski definition) is 3. The minimum atomic E-state index is -0.107. The van der Waals surface area contributed by atoms with Gasteiger partial charge in [-0.1, -0.05) is 30.3 Å². The Kier molecular flexibility index (Phi) is 5.14. The topological polar surface area (TPSA) is 47.3 Å². The van der Waals surface area contributed by atoms with E-state index in [9.17, 15) is 4.79 Å². The molecular formula is C16H21N3O. The molecule has 1 aliphatic rings. The molecule has 0 aromatic heterocycles. The van der Waals surface area contributed by atoms with E-state index in [1.807, 2.05) is 23.1 Å². The van der Waals surface area contributed by atoms with Crippen molar-refractivity contribution < 1.29 is 4.79 Å². The number of hydrogen-bond donors (Lipinski definition) is 0. The minimum absolute atomic E-state index is 0.107. The molecule has 0 aliphatic carbocycles. The Morgan fingerprint density at radius 3 is 2.80 bits per heavy atom. The van der Waals surface area contributed by atoms with Crippen LogP contribution in [-0.4, -0.2) is 42.4 Å². The van der Waals surface area contributed by atoms with Crippen molar-refractivity contribution in [3.05, 3.63) is 35.9 Å². The van der Waals surface area contributed by atoms with Crippen molar-refractivity contribution in [1.29, 1.82) is 5.26 Å². The molecule has 4 heteroatoms. The molecule has 1 heterocycles. The second kappa shape index (κ2) is 7.06. The van der Waals surface area contributed by atoms with Gasteiger partial charge < -0.3 is 9.80 Å². The molecular weight excluding hydrogens is 250 g/mol. The van der Waals surface area contributed by atoms with Crippen LogP contribution in [0.5, 0.6) is 0 Å². The Bertz CT molecular complexity index is 480. The fourth-order valence-corrected chi connectivity index (χ4v) is 2.58. The maximum Gasteiger partial charge on any atom is 0.224 e. The molecule has 1 amide bonds. The van der Waals surface area contributed by atoms with Crippen molar-refractivity contribution in [2.24, 2.45) is 5.92 Å². The van der Waals surface area contributed by atoms with Crippen LogP contribution < -0.4 is 0 Å². The van der Waals surface area contributed by atoms with Gasteiger partial charge in [0.05, 0.1) is 12.0 Å². The summed E-state index contributed by atoms with van der Waals surface area (Å²) in [6, 6.07) is 12.6. The number of carbonyl (C=O) groups is 1. The van der Waals surface area contributed by atoms with Gasteiger partial charge in [-0.25, -0.2) is 0 Å². The van der Waals surface area contributed by atoms with Crippen molar-refractivity contribution in [2.45, 2.75) is 19.4 Å². The number of rotatable bonds is 6. The minimum Gasteiger partial charge on any atom is -0.341 e. The van der Waals surface area contributed by atoms with Gasteiger partial charge in [-0.3, -0.25) is 4.79 Å². The quantitative estimate of drug-likeness (QED) is 0.793. The van der Waals surface area contributed by atoms with Gasteiger partial charge in [0.25, 0.3) is 0 Å². The lowest BCUT2D eigenvalue weighted by Crippen LogP contribution is -2.29. The van der Waals surface area contributed by atoms with Gasteiger partial charge in [-0.05, 0) is 25.6 Å². The zero-order valence-electron chi connectivity index (χ0n) is 12.0. The third-order valence-corrected chi connectivity index (χ3v) is 3.66. The first kappa shape index (κ1) is 14.5. The summed E-state index contributed by atoms with van der Waals surface area (Å²) in [7, 11) is 2.09. The highest BCUT2D eigenvalue weighted by atomic mass is 16.2. The lowest BCUT2D eigenvalue weighted by molar-refractivity contribution is -0.127. The van der Waals surface area contributed by atoms with E-state index in [1.54, 1.807) is 0 Å². The summed E-state index contributed by atoms with van der Waals surface area (Å²) < 4.78 is 0. The zero-order chi connectivity index (χ0) is 14.4. The lowest BCUT2D eigenvalue weighted by atomic mass is 10.1. The molecule has 1 aliphatic heterocycles. The van der Waals surface area contributed by atoms with Gasteiger partial charge in [0.15, 0.2) is 0 Å². The normalized spacial score (nSPS) is 18.6. The van der Waals surface area contributed by atoms with Gasteiger partial charge >= 0.3 is 0 Å². The van der Waals surface area contributed by atoms with Crippen LogP contribution in [0.3, 0.4) is 0 Å². The monoisotopic (exact) mass is 271 g/mol. The van der Waals surface area contributed by atoms with E-state index >= 15 is 0 Å². The van der Waals surface area contributed by atoms with Crippen LogP contribution in [0.1, 0.15) is 18.4 Å². The summed E-state index contributed by atoms with van der Waals surface area (Å²) in [5, 5.41) is 8.84. The van der Waals surface area contributed by atoms with Crippen molar-refractivity contribution in [1.82, 2.24) is 9.80 Å². The van der Waals surface area contributed by atoms with Crippen LogP contribution in [0.15, 0.2) is 30.3 Å². The molecule has 1 atom stereocenters. The van der Waals surface area contributed by atoms with E-state index in [2.05, 4.69) is 30.1 Å². The Morgan fingerprint density at radius 2 is 2.15 bits per heavy atom. The van der Waals surface area contributed by atoms with E-state index < -0.39 is 0 Å². The smallest absolute Gasteiger partial charge is 0.224 e. The molecule has 1 aromatic carbocycles. The number of likely N-dealkylation sites (tertiary alicyclic amines) is 1. The first-order chi connectivity index (χ1) is 9.69. The standard InChI is InChI=1S/C16H21N3O/c1-18(12-14-6-3-2-4-7-14)8-5-9-19-13-15(11-17)10-16(19)20/h2-4,6-7,15H,5,8-10,12-13H2,1H3. The highest BCUT2D eigenvalue weighted by Gasteiger charge is 2.28. The average Bonchev–Trinajstić information content (AvgIpc) is 2.81. The van der Waals surface area contributed by atoms with E-state index in [1.165, 1.54) is 5.56 Å². The fraction of sp³-hybridized carbons (Fsp3) is 0.500. The molecule has 0 spiro atoms. The maximum atomic E-state index is 11.7. The van der Waals surface area contributed by atoms with Crippen LogP contribution in [0, 0.1) is 17.2 Å². The molecule has 0 N–H and O–H groups in total. The molecule has 1 aromatic rings. The molecule has 2 rings (SSSR count). The van der Waals surface area contributed by atoms with Crippen molar-refractivity contribution in [3.63, 3.8) is 0 Å². The van der Waals surface area contributed by atoms with Gasteiger partial charge in [0, 0.05) is 26.1 Å². The van der Waals surface area contributed by atoms with Gasteiger partial charge in [-0.15, -0.1) is 0 Å².